The molecule has 0 aromatic heterocycles. The Bertz CT molecular complexity index is 956. The van der Waals surface area contributed by atoms with Crippen molar-refractivity contribution in [3.8, 4) is 0 Å². The monoisotopic (exact) mass is 530 g/mol. The largest absolute Gasteiger partial charge is 0.342 e. The summed E-state index contributed by atoms with van der Waals surface area (Å²) >= 11 is 0. The molecule has 1 aliphatic rings. The molecule has 1 aromatic carbocycles. The van der Waals surface area contributed by atoms with Crippen LogP contribution in [-0.2, 0) is 14.3 Å². The number of β-lactam (4-membered cyclic amide) rings is 1. The van der Waals surface area contributed by atoms with Gasteiger partial charge in [0.2, 0.25) is 5.91 Å². The van der Waals surface area contributed by atoms with Crippen molar-refractivity contribution < 1.29 is 19.1 Å². The number of nitrogens with one attached hydrogen (secondary N) is 1. The highest BCUT2D eigenvalue weighted by Crippen LogP contribution is 2.47. The number of ether oxygens (including phenoxy) is 1. The minimum atomic E-state index is -1.22. The summed E-state index contributed by atoms with van der Waals surface area (Å²) in [7, 11) is 3.79. The third-order valence-corrected chi connectivity index (χ3v) is 8.12. The second-order valence-electron chi connectivity index (χ2n) is 11.5. The van der Waals surface area contributed by atoms with E-state index in [4.69, 9.17) is 4.74 Å². The summed E-state index contributed by atoms with van der Waals surface area (Å²) in [6, 6.07) is 7.74. The van der Waals surface area contributed by atoms with E-state index in [1.165, 1.54) is 4.90 Å². The molecule has 0 radical (unpaired) electrons. The van der Waals surface area contributed by atoms with Gasteiger partial charge in [-0.1, -0.05) is 57.0 Å². The minimum absolute atomic E-state index is 0.181. The number of urea groups is 1. The molecule has 8 nitrogen and oxygen atoms in total. The Morgan fingerprint density at radius 1 is 1.08 bits per heavy atom. The molecule has 2 atom stereocenters. The molecule has 1 fully saturated rings. The SMILES string of the molecule is CCC[C@@H](NC(=O)N1C(=O)C(CC)(CC)[C@@H]1OC(C)(C)C(=O)N(C)CCN(C)C(C)C)c1ccc(C)cc1. The number of likely N-dealkylation sites (N-methyl/N-ethyl adjacent to an activating group) is 2. The number of hydrogen-bond acceptors (Lipinski definition) is 5. The normalized spacial score (nSPS) is 17.9. The average molecular weight is 531 g/mol. The number of likely N-dealkylation sites (tertiary alicyclic amines) is 1. The Morgan fingerprint density at radius 2 is 1.66 bits per heavy atom. The molecule has 0 saturated carbocycles. The number of aryl methyl sites for hydroxylation is 1. The maximum Gasteiger partial charge on any atom is 0.326 e. The maximum absolute atomic E-state index is 13.5. The summed E-state index contributed by atoms with van der Waals surface area (Å²) in [5.74, 6) is -0.432. The summed E-state index contributed by atoms with van der Waals surface area (Å²) in [6.07, 6.45) is 1.84. The van der Waals surface area contributed by atoms with Gasteiger partial charge < -0.3 is 19.9 Å². The van der Waals surface area contributed by atoms with Crippen molar-refractivity contribution in [1.29, 1.82) is 0 Å². The highest BCUT2D eigenvalue weighted by Gasteiger charge is 2.63. The Kier molecular flexibility index (Phi) is 10.9. The van der Waals surface area contributed by atoms with Gasteiger partial charge in [0.15, 0.2) is 6.23 Å². The van der Waals surface area contributed by atoms with Crippen LogP contribution in [0.1, 0.15) is 91.3 Å². The van der Waals surface area contributed by atoms with Gasteiger partial charge >= 0.3 is 6.03 Å². The van der Waals surface area contributed by atoms with Gasteiger partial charge in [0, 0.05) is 26.2 Å². The van der Waals surface area contributed by atoms with Crippen LogP contribution in [0.5, 0.6) is 0 Å². The molecule has 0 aliphatic carbocycles. The quantitative estimate of drug-likeness (QED) is 0.358. The van der Waals surface area contributed by atoms with Gasteiger partial charge in [-0.3, -0.25) is 9.59 Å². The Morgan fingerprint density at radius 3 is 2.16 bits per heavy atom. The number of carbonyl (C=O) groups excluding carboxylic acids is 3. The van der Waals surface area contributed by atoms with Crippen molar-refractivity contribution in [3.05, 3.63) is 35.4 Å². The van der Waals surface area contributed by atoms with Gasteiger partial charge in [-0.15, -0.1) is 0 Å². The molecule has 0 spiro atoms. The molecule has 2 rings (SSSR count). The van der Waals surface area contributed by atoms with Crippen molar-refractivity contribution in [2.75, 3.05) is 27.2 Å². The number of hydrogen-bond donors (Lipinski definition) is 1. The van der Waals surface area contributed by atoms with E-state index < -0.39 is 23.3 Å². The average Bonchev–Trinajstić information content (AvgIpc) is 2.87. The van der Waals surface area contributed by atoms with E-state index >= 15 is 0 Å². The Labute approximate surface area is 230 Å². The molecule has 8 heteroatoms. The first-order valence-electron chi connectivity index (χ1n) is 14.1. The van der Waals surface area contributed by atoms with Crippen molar-refractivity contribution >= 4 is 17.8 Å². The van der Waals surface area contributed by atoms with E-state index in [1.807, 2.05) is 52.1 Å². The molecule has 1 heterocycles. The van der Waals surface area contributed by atoms with Gasteiger partial charge in [-0.2, -0.15) is 0 Å². The fourth-order valence-electron chi connectivity index (χ4n) is 4.98. The molecule has 4 amide bonds. The third-order valence-electron chi connectivity index (χ3n) is 8.12. The molecule has 1 aliphatic heterocycles. The Balaban J connectivity index is 2.24. The second-order valence-corrected chi connectivity index (χ2v) is 11.5. The Hall–Kier alpha value is -2.45. The van der Waals surface area contributed by atoms with Gasteiger partial charge in [-0.25, -0.2) is 9.69 Å². The molecule has 1 saturated heterocycles. The number of benzene rings is 1. The van der Waals surface area contributed by atoms with Gasteiger partial charge in [0.05, 0.1) is 11.5 Å². The molecule has 1 N–H and O–H groups in total. The maximum atomic E-state index is 13.5. The summed E-state index contributed by atoms with van der Waals surface area (Å²) in [4.78, 5) is 45.4. The number of imide groups is 1. The summed E-state index contributed by atoms with van der Waals surface area (Å²) < 4.78 is 6.42. The molecule has 0 unspecified atom stereocenters. The van der Waals surface area contributed by atoms with Crippen molar-refractivity contribution in [3.63, 3.8) is 0 Å². The minimum Gasteiger partial charge on any atom is -0.342 e. The molecule has 1 aromatic rings. The number of carbonyl (C=O) groups is 3. The van der Waals surface area contributed by atoms with Crippen LogP contribution in [0.25, 0.3) is 0 Å². The van der Waals surface area contributed by atoms with Gasteiger partial charge in [0.1, 0.15) is 5.60 Å². The van der Waals surface area contributed by atoms with E-state index in [2.05, 4.69) is 31.0 Å². The zero-order chi connectivity index (χ0) is 28.8. The van der Waals surface area contributed by atoms with Crippen LogP contribution in [0.4, 0.5) is 4.79 Å². The predicted molar refractivity (Wildman–Crippen MR) is 152 cm³/mol. The highest BCUT2D eigenvalue weighted by molar-refractivity contribution is 6.03. The number of nitrogens with zero attached hydrogens (tertiary/aromatic N) is 3. The predicted octanol–water partition coefficient (Wildman–Crippen LogP) is 5.11. The lowest BCUT2D eigenvalue weighted by Crippen LogP contribution is -2.74. The fourth-order valence-corrected chi connectivity index (χ4v) is 4.98. The van der Waals surface area contributed by atoms with Gasteiger partial charge in [0.25, 0.3) is 5.91 Å². The standard InChI is InChI=1S/C30H50N4O4/c1-11-14-24(23-17-15-22(6)16-18-23)31-28(37)34-26(36)30(12-2,13-3)27(34)38-29(7,8)25(35)33(10)20-19-32(9)21(4)5/h15-18,21,24,27H,11-14,19-20H2,1-10H3,(H,31,37)/t24-,27+/m1/s1. The van der Waals surface area contributed by atoms with Crippen LogP contribution in [0.3, 0.4) is 0 Å². The van der Waals surface area contributed by atoms with E-state index in [1.54, 1.807) is 25.8 Å². The smallest absolute Gasteiger partial charge is 0.326 e. The van der Waals surface area contributed by atoms with Crippen molar-refractivity contribution in [2.45, 2.75) is 105 Å². The zero-order valence-electron chi connectivity index (χ0n) is 25.3. The van der Waals surface area contributed by atoms with E-state index in [0.29, 0.717) is 25.4 Å². The molecule has 0 bridgehead atoms. The third kappa shape index (κ3) is 6.75. The lowest BCUT2D eigenvalue weighted by molar-refractivity contribution is -0.237. The van der Waals surface area contributed by atoms with Crippen LogP contribution in [0.2, 0.25) is 0 Å². The summed E-state index contributed by atoms with van der Waals surface area (Å²) in [6.45, 7) is 16.9. The van der Waals surface area contributed by atoms with E-state index in [9.17, 15) is 14.4 Å². The van der Waals surface area contributed by atoms with E-state index in [0.717, 1.165) is 30.5 Å². The van der Waals surface area contributed by atoms with Crippen LogP contribution in [0.15, 0.2) is 24.3 Å². The number of amides is 4. The van der Waals surface area contributed by atoms with Crippen LogP contribution < -0.4 is 5.32 Å². The van der Waals surface area contributed by atoms with E-state index in [-0.39, 0.29) is 17.9 Å². The van der Waals surface area contributed by atoms with Crippen LogP contribution in [0, 0.1) is 12.3 Å². The topological polar surface area (TPSA) is 82.2 Å². The first-order valence-corrected chi connectivity index (χ1v) is 14.1. The van der Waals surface area contributed by atoms with Crippen molar-refractivity contribution in [1.82, 2.24) is 20.0 Å². The second kappa shape index (κ2) is 13.1. The lowest BCUT2D eigenvalue weighted by atomic mass is 9.71. The van der Waals surface area contributed by atoms with Crippen LogP contribution in [-0.4, -0.2) is 77.6 Å². The summed E-state index contributed by atoms with van der Waals surface area (Å²) in [5, 5.41) is 3.07. The first-order chi connectivity index (χ1) is 17.7. The number of rotatable bonds is 13. The fraction of sp³-hybridized carbons (Fsp3) is 0.700. The lowest BCUT2D eigenvalue weighted by Gasteiger charge is -2.55. The van der Waals surface area contributed by atoms with Crippen LogP contribution >= 0.6 is 0 Å². The highest BCUT2D eigenvalue weighted by atomic mass is 16.5. The van der Waals surface area contributed by atoms with Gasteiger partial charge in [-0.05, 0) is 66.5 Å². The molecule has 38 heavy (non-hydrogen) atoms. The molecular weight excluding hydrogens is 480 g/mol. The zero-order valence-corrected chi connectivity index (χ0v) is 25.3. The molecular formula is C30H50N4O4. The first kappa shape index (κ1) is 31.8. The summed E-state index contributed by atoms with van der Waals surface area (Å²) in [5.41, 5.74) is 0.0851. The van der Waals surface area contributed by atoms with Crippen molar-refractivity contribution in [2.24, 2.45) is 5.41 Å². The molecule has 214 valence electrons.